The Morgan fingerprint density at radius 2 is 1.91 bits per heavy atom. The number of allylic oxidation sites excluding steroid dienone is 3. The van der Waals surface area contributed by atoms with Crippen molar-refractivity contribution in [3.63, 3.8) is 0 Å². The highest BCUT2D eigenvalue weighted by Crippen LogP contribution is 2.66. The van der Waals surface area contributed by atoms with Crippen molar-refractivity contribution >= 4 is 5.97 Å². The van der Waals surface area contributed by atoms with Gasteiger partial charge in [-0.3, -0.25) is 4.79 Å². The molecule has 0 aromatic rings. The molecule has 0 aromatic carbocycles. The number of ether oxygens (including phenoxy) is 2. The Labute approximate surface area is 210 Å². The Kier molecular flexibility index (Phi) is 8.16. The van der Waals surface area contributed by atoms with Gasteiger partial charge in [0.1, 0.15) is 6.10 Å². The molecule has 0 aromatic heterocycles. The fourth-order valence-corrected chi connectivity index (χ4v) is 8.38. The molecule has 3 saturated carbocycles. The maximum Gasteiger partial charge on any atom is 0.305 e. The van der Waals surface area contributed by atoms with Gasteiger partial charge < -0.3 is 24.8 Å². The highest BCUT2D eigenvalue weighted by molar-refractivity contribution is 5.68. The molecule has 3 fully saturated rings. The van der Waals surface area contributed by atoms with E-state index < -0.39 is 23.7 Å². The van der Waals surface area contributed by atoms with Crippen molar-refractivity contribution in [2.75, 3.05) is 20.3 Å². The third kappa shape index (κ3) is 4.65. The van der Waals surface area contributed by atoms with Crippen LogP contribution in [0, 0.1) is 34.5 Å². The lowest BCUT2D eigenvalue weighted by Gasteiger charge is -2.57. The molecule has 0 bridgehead atoms. The van der Waals surface area contributed by atoms with E-state index in [0.29, 0.717) is 43.6 Å². The number of fused-ring (bicyclic) bond motifs is 5. The van der Waals surface area contributed by atoms with Gasteiger partial charge in [-0.05, 0) is 80.5 Å². The summed E-state index contributed by atoms with van der Waals surface area (Å²) in [7, 11) is 1.46. The van der Waals surface area contributed by atoms with Gasteiger partial charge in [-0.2, -0.15) is 0 Å². The average molecular weight is 491 g/mol. The number of aliphatic hydroxyl groups is 3. The Bertz CT molecular complexity index is 835. The molecule has 3 N–H and O–H groups in total. The van der Waals surface area contributed by atoms with Crippen molar-refractivity contribution in [3.8, 4) is 0 Å². The quantitative estimate of drug-likeness (QED) is 0.332. The van der Waals surface area contributed by atoms with Gasteiger partial charge in [0, 0.05) is 25.0 Å². The SMILES string of the molecule is COC(=O)CCCC(C)[C@H]1CC[C@H]2C3=CC=C4C[C@@H](O)[C@@H](OCCCO)[C@H](O)[C@]4(C)[C@H]3CC[C@]12C. The molecule has 6 heteroatoms. The zero-order valence-electron chi connectivity index (χ0n) is 22.0. The lowest BCUT2D eigenvalue weighted by atomic mass is 9.49. The van der Waals surface area contributed by atoms with Crippen LogP contribution in [0.4, 0.5) is 0 Å². The number of hydrogen-bond donors (Lipinski definition) is 3. The predicted molar refractivity (Wildman–Crippen MR) is 134 cm³/mol. The van der Waals surface area contributed by atoms with Crippen LogP contribution in [0.5, 0.6) is 0 Å². The van der Waals surface area contributed by atoms with Gasteiger partial charge in [-0.15, -0.1) is 0 Å². The standard InChI is InChI=1S/C29H46O6/c1-18(7-5-8-25(32)34-4)21-11-12-22-20-10-9-19-17-24(31)26(35-16-6-15-30)27(33)29(19,3)23(20)13-14-28(21,22)2/h9-10,18,21-24,26-27,30-31,33H,5-8,11-17H2,1-4H3/t18?,21-,22+,23+,24-,26-,27+,28-,29+/m1/s1. The van der Waals surface area contributed by atoms with Crippen LogP contribution in [0.25, 0.3) is 0 Å². The molecule has 0 spiro atoms. The van der Waals surface area contributed by atoms with Crippen LogP contribution in [0.3, 0.4) is 0 Å². The molecule has 0 amide bonds. The Morgan fingerprint density at radius 3 is 2.63 bits per heavy atom. The number of esters is 1. The van der Waals surface area contributed by atoms with Gasteiger partial charge >= 0.3 is 5.97 Å². The lowest BCUT2D eigenvalue weighted by molar-refractivity contribution is -0.162. The van der Waals surface area contributed by atoms with E-state index in [1.54, 1.807) is 0 Å². The van der Waals surface area contributed by atoms with Crippen molar-refractivity contribution in [1.82, 2.24) is 0 Å². The first-order valence-electron chi connectivity index (χ1n) is 13.7. The fraction of sp³-hybridized carbons (Fsp3) is 0.828. The average Bonchev–Trinajstić information content (AvgIpc) is 3.19. The molecular formula is C29H46O6. The summed E-state index contributed by atoms with van der Waals surface area (Å²) in [4.78, 5) is 11.6. The van der Waals surface area contributed by atoms with Gasteiger partial charge in [-0.1, -0.05) is 44.1 Å². The molecular weight excluding hydrogens is 444 g/mol. The molecule has 6 nitrogen and oxygen atoms in total. The molecule has 1 unspecified atom stereocenters. The second kappa shape index (κ2) is 10.6. The molecule has 35 heavy (non-hydrogen) atoms. The predicted octanol–water partition coefficient (Wildman–Crippen LogP) is 4.17. The summed E-state index contributed by atoms with van der Waals surface area (Å²) in [5.41, 5.74) is 2.44. The van der Waals surface area contributed by atoms with E-state index in [0.717, 1.165) is 31.3 Å². The summed E-state index contributed by atoms with van der Waals surface area (Å²) in [6.45, 7) is 7.40. The first kappa shape index (κ1) is 26.8. The summed E-state index contributed by atoms with van der Waals surface area (Å²) in [5, 5.41) is 31.5. The van der Waals surface area contributed by atoms with Crippen LogP contribution < -0.4 is 0 Å². The van der Waals surface area contributed by atoms with Crippen LogP contribution in [0.1, 0.15) is 78.6 Å². The number of hydrogen-bond acceptors (Lipinski definition) is 6. The maximum atomic E-state index is 11.6. The molecule has 4 aliphatic rings. The third-order valence-electron chi connectivity index (χ3n) is 10.4. The molecule has 4 aliphatic carbocycles. The van der Waals surface area contributed by atoms with Gasteiger partial charge in [0.15, 0.2) is 0 Å². The van der Waals surface area contributed by atoms with Crippen molar-refractivity contribution in [2.24, 2.45) is 34.5 Å². The minimum atomic E-state index is -0.774. The lowest BCUT2D eigenvalue weighted by Crippen LogP contribution is -2.59. The molecule has 4 rings (SSSR count). The monoisotopic (exact) mass is 490 g/mol. The number of carbonyl (C=O) groups is 1. The number of carbonyl (C=O) groups excluding carboxylic acids is 1. The van der Waals surface area contributed by atoms with Crippen molar-refractivity contribution in [2.45, 2.75) is 96.9 Å². The van der Waals surface area contributed by atoms with Crippen LogP contribution in [-0.2, 0) is 14.3 Å². The Morgan fingerprint density at radius 1 is 1.14 bits per heavy atom. The van der Waals surface area contributed by atoms with E-state index in [4.69, 9.17) is 14.6 Å². The zero-order chi connectivity index (χ0) is 25.4. The first-order chi connectivity index (χ1) is 16.7. The third-order valence-corrected chi connectivity index (χ3v) is 10.4. The van der Waals surface area contributed by atoms with E-state index in [2.05, 4.69) is 32.9 Å². The van der Waals surface area contributed by atoms with Crippen LogP contribution in [-0.4, -0.2) is 59.9 Å². The van der Waals surface area contributed by atoms with E-state index in [9.17, 15) is 15.0 Å². The van der Waals surface area contributed by atoms with Crippen LogP contribution in [0.15, 0.2) is 23.3 Å². The van der Waals surface area contributed by atoms with Crippen molar-refractivity contribution in [3.05, 3.63) is 23.3 Å². The molecule has 0 aliphatic heterocycles. The van der Waals surface area contributed by atoms with Crippen LogP contribution in [0.2, 0.25) is 0 Å². The minimum Gasteiger partial charge on any atom is -0.469 e. The zero-order valence-corrected chi connectivity index (χ0v) is 22.0. The fourth-order valence-electron chi connectivity index (χ4n) is 8.38. The number of aliphatic hydroxyl groups excluding tert-OH is 3. The van der Waals surface area contributed by atoms with Crippen molar-refractivity contribution in [1.29, 1.82) is 0 Å². The Balaban J connectivity index is 1.52. The molecule has 0 heterocycles. The van der Waals surface area contributed by atoms with E-state index in [1.165, 1.54) is 25.5 Å². The number of rotatable bonds is 9. The van der Waals surface area contributed by atoms with Gasteiger partial charge in [0.2, 0.25) is 0 Å². The molecule has 0 saturated heterocycles. The smallest absolute Gasteiger partial charge is 0.305 e. The summed E-state index contributed by atoms with van der Waals surface area (Å²) in [5.74, 6) is 1.86. The largest absolute Gasteiger partial charge is 0.469 e. The second-order valence-electron chi connectivity index (χ2n) is 12.0. The van der Waals surface area contributed by atoms with E-state index >= 15 is 0 Å². The van der Waals surface area contributed by atoms with Gasteiger partial charge in [0.05, 0.1) is 19.3 Å². The second-order valence-corrected chi connectivity index (χ2v) is 12.0. The van der Waals surface area contributed by atoms with Gasteiger partial charge in [-0.25, -0.2) is 0 Å². The summed E-state index contributed by atoms with van der Waals surface area (Å²) >= 11 is 0. The normalized spacial score (nSPS) is 41.2. The highest BCUT2D eigenvalue weighted by atomic mass is 16.5. The Hall–Kier alpha value is -1.21. The van der Waals surface area contributed by atoms with Crippen LogP contribution >= 0.6 is 0 Å². The van der Waals surface area contributed by atoms with Crippen molar-refractivity contribution < 1.29 is 29.6 Å². The number of methoxy groups -OCH3 is 1. The first-order valence-corrected chi connectivity index (χ1v) is 13.7. The summed E-state index contributed by atoms with van der Waals surface area (Å²) < 4.78 is 10.7. The molecule has 9 atom stereocenters. The van der Waals surface area contributed by atoms with E-state index in [-0.39, 0.29) is 23.9 Å². The molecule has 198 valence electrons. The molecule has 0 radical (unpaired) electrons. The highest BCUT2D eigenvalue weighted by Gasteiger charge is 2.60. The summed E-state index contributed by atoms with van der Waals surface area (Å²) in [6, 6.07) is 0. The van der Waals surface area contributed by atoms with Gasteiger partial charge in [0.25, 0.3) is 0 Å². The van der Waals surface area contributed by atoms with E-state index in [1.807, 2.05) is 0 Å². The topological polar surface area (TPSA) is 96.2 Å². The minimum absolute atomic E-state index is 0.0411. The maximum absolute atomic E-state index is 11.6. The summed E-state index contributed by atoms with van der Waals surface area (Å²) in [6.07, 6.45) is 10.4.